The SMILES string of the molecule is COc1ccsc1C(NN)C1CCOCC1. The monoisotopic (exact) mass is 242 g/mol. The molecule has 0 radical (unpaired) electrons. The molecule has 1 fully saturated rings. The van der Waals surface area contributed by atoms with E-state index in [2.05, 4.69) is 5.43 Å². The Hall–Kier alpha value is -0.620. The fourth-order valence-electron chi connectivity index (χ4n) is 2.18. The molecule has 16 heavy (non-hydrogen) atoms. The van der Waals surface area contributed by atoms with E-state index in [1.54, 1.807) is 18.4 Å². The number of ether oxygens (including phenoxy) is 2. The van der Waals surface area contributed by atoms with Gasteiger partial charge in [-0.2, -0.15) is 0 Å². The van der Waals surface area contributed by atoms with Crippen molar-refractivity contribution < 1.29 is 9.47 Å². The van der Waals surface area contributed by atoms with Crippen LogP contribution >= 0.6 is 11.3 Å². The van der Waals surface area contributed by atoms with Gasteiger partial charge in [-0.05, 0) is 30.2 Å². The molecule has 1 saturated heterocycles. The minimum Gasteiger partial charge on any atom is -0.496 e. The van der Waals surface area contributed by atoms with Crippen molar-refractivity contribution in [3.63, 3.8) is 0 Å². The Bertz CT molecular complexity index is 324. The lowest BCUT2D eigenvalue weighted by atomic mass is 9.91. The number of methoxy groups -OCH3 is 1. The van der Waals surface area contributed by atoms with E-state index in [0.717, 1.165) is 31.8 Å². The highest BCUT2D eigenvalue weighted by Gasteiger charge is 2.27. The maximum absolute atomic E-state index is 5.68. The quantitative estimate of drug-likeness (QED) is 0.623. The van der Waals surface area contributed by atoms with Crippen molar-refractivity contribution in [1.29, 1.82) is 0 Å². The van der Waals surface area contributed by atoms with Gasteiger partial charge in [0.1, 0.15) is 5.75 Å². The van der Waals surface area contributed by atoms with Crippen LogP contribution in [0.3, 0.4) is 0 Å². The van der Waals surface area contributed by atoms with Crippen molar-refractivity contribution in [2.45, 2.75) is 18.9 Å². The van der Waals surface area contributed by atoms with E-state index >= 15 is 0 Å². The molecule has 0 bridgehead atoms. The molecule has 1 atom stereocenters. The molecule has 90 valence electrons. The molecule has 1 unspecified atom stereocenters. The van der Waals surface area contributed by atoms with Gasteiger partial charge in [0, 0.05) is 13.2 Å². The number of hydrogen-bond donors (Lipinski definition) is 2. The summed E-state index contributed by atoms with van der Waals surface area (Å²) in [6, 6.07) is 2.17. The predicted molar refractivity (Wildman–Crippen MR) is 64.5 cm³/mol. The van der Waals surface area contributed by atoms with E-state index in [4.69, 9.17) is 15.3 Å². The summed E-state index contributed by atoms with van der Waals surface area (Å²) >= 11 is 1.69. The molecule has 2 heterocycles. The molecular formula is C11H18N2O2S. The van der Waals surface area contributed by atoms with Crippen LogP contribution in [0.5, 0.6) is 5.75 Å². The van der Waals surface area contributed by atoms with Gasteiger partial charge in [0.15, 0.2) is 0 Å². The minimum absolute atomic E-state index is 0.179. The van der Waals surface area contributed by atoms with Crippen molar-refractivity contribution in [2.75, 3.05) is 20.3 Å². The predicted octanol–water partition coefficient (Wildman–Crippen LogP) is 1.69. The standard InChI is InChI=1S/C11H18N2O2S/c1-14-9-4-7-16-11(9)10(13-12)8-2-5-15-6-3-8/h4,7-8,10,13H,2-3,5-6,12H2,1H3. The largest absolute Gasteiger partial charge is 0.496 e. The molecule has 4 nitrogen and oxygen atoms in total. The molecule has 1 aliphatic rings. The van der Waals surface area contributed by atoms with Gasteiger partial charge >= 0.3 is 0 Å². The average Bonchev–Trinajstić information content (AvgIpc) is 2.80. The van der Waals surface area contributed by atoms with Crippen molar-refractivity contribution in [1.82, 2.24) is 5.43 Å². The second-order valence-corrected chi connectivity index (χ2v) is 4.90. The molecule has 0 aromatic carbocycles. The molecule has 0 aliphatic carbocycles. The second-order valence-electron chi connectivity index (χ2n) is 3.95. The zero-order valence-electron chi connectivity index (χ0n) is 9.44. The Kier molecular flexibility index (Phi) is 4.17. The van der Waals surface area contributed by atoms with Gasteiger partial charge in [0.2, 0.25) is 0 Å². The summed E-state index contributed by atoms with van der Waals surface area (Å²) in [7, 11) is 1.70. The van der Waals surface area contributed by atoms with Crippen molar-refractivity contribution in [3.05, 3.63) is 16.3 Å². The number of nitrogens with one attached hydrogen (secondary N) is 1. The average molecular weight is 242 g/mol. The first-order chi connectivity index (χ1) is 7.86. The zero-order valence-corrected chi connectivity index (χ0v) is 10.3. The number of hydrogen-bond acceptors (Lipinski definition) is 5. The highest BCUT2D eigenvalue weighted by Crippen LogP contribution is 2.37. The van der Waals surface area contributed by atoms with Gasteiger partial charge in [-0.15, -0.1) is 11.3 Å². The summed E-state index contributed by atoms with van der Waals surface area (Å²) in [6.07, 6.45) is 2.10. The third-order valence-electron chi connectivity index (χ3n) is 3.08. The van der Waals surface area contributed by atoms with E-state index in [1.165, 1.54) is 4.88 Å². The van der Waals surface area contributed by atoms with Crippen LogP contribution in [0.1, 0.15) is 23.8 Å². The van der Waals surface area contributed by atoms with Crippen LogP contribution in [0, 0.1) is 5.92 Å². The topological polar surface area (TPSA) is 56.5 Å². The third-order valence-corrected chi connectivity index (χ3v) is 4.06. The molecule has 0 saturated carbocycles. The summed E-state index contributed by atoms with van der Waals surface area (Å²) in [5.41, 5.74) is 2.92. The number of hydrazine groups is 1. The van der Waals surface area contributed by atoms with Crippen molar-refractivity contribution in [2.24, 2.45) is 11.8 Å². The van der Waals surface area contributed by atoms with Crippen LogP contribution < -0.4 is 16.0 Å². The first-order valence-corrected chi connectivity index (χ1v) is 6.40. The third kappa shape index (κ3) is 2.38. The maximum Gasteiger partial charge on any atom is 0.134 e. The van der Waals surface area contributed by atoms with E-state index < -0.39 is 0 Å². The van der Waals surface area contributed by atoms with Crippen molar-refractivity contribution in [3.8, 4) is 5.75 Å². The summed E-state index contributed by atoms with van der Waals surface area (Å²) in [5.74, 6) is 7.14. The molecule has 0 amide bonds. The van der Waals surface area contributed by atoms with Gasteiger partial charge in [-0.25, -0.2) is 0 Å². The summed E-state index contributed by atoms with van der Waals surface area (Å²) < 4.78 is 10.7. The lowest BCUT2D eigenvalue weighted by molar-refractivity contribution is 0.0538. The Morgan fingerprint density at radius 1 is 1.56 bits per heavy atom. The summed E-state index contributed by atoms with van der Waals surface area (Å²) in [4.78, 5) is 1.19. The number of nitrogens with two attached hydrogens (primary N) is 1. The number of rotatable bonds is 4. The van der Waals surface area contributed by atoms with Gasteiger partial charge in [0.05, 0.1) is 18.0 Å². The van der Waals surface area contributed by atoms with Crippen LogP contribution in [-0.4, -0.2) is 20.3 Å². The smallest absolute Gasteiger partial charge is 0.134 e. The van der Waals surface area contributed by atoms with Crippen LogP contribution in [-0.2, 0) is 4.74 Å². The molecule has 3 N–H and O–H groups in total. The summed E-state index contributed by atoms with van der Waals surface area (Å²) in [6.45, 7) is 1.66. The van der Waals surface area contributed by atoms with E-state index in [9.17, 15) is 0 Å². The van der Waals surface area contributed by atoms with E-state index in [0.29, 0.717) is 5.92 Å². The van der Waals surface area contributed by atoms with Crippen LogP contribution in [0.15, 0.2) is 11.4 Å². The Balaban J connectivity index is 2.14. The molecule has 0 spiro atoms. The number of thiophene rings is 1. The minimum atomic E-state index is 0.179. The summed E-state index contributed by atoms with van der Waals surface area (Å²) in [5, 5.41) is 2.04. The first-order valence-electron chi connectivity index (χ1n) is 5.52. The molecule has 1 aliphatic heterocycles. The van der Waals surface area contributed by atoms with E-state index in [-0.39, 0.29) is 6.04 Å². The Morgan fingerprint density at radius 3 is 2.94 bits per heavy atom. The Morgan fingerprint density at radius 2 is 2.31 bits per heavy atom. The lowest BCUT2D eigenvalue weighted by Gasteiger charge is -2.29. The van der Waals surface area contributed by atoms with Crippen LogP contribution in [0.25, 0.3) is 0 Å². The Labute approximate surface area is 99.7 Å². The molecule has 1 aromatic heterocycles. The molecule has 5 heteroatoms. The van der Waals surface area contributed by atoms with Gasteiger partial charge in [0.25, 0.3) is 0 Å². The zero-order chi connectivity index (χ0) is 11.4. The lowest BCUT2D eigenvalue weighted by Crippen LogP contribution is -2.35. The molecule has 1 aromatic rings. The fraction of sp³-hybridized carbons (Fsp3) is 0.636. The fourth-order valence-corrected chi connectivity index (χ4v) is 3.19. The van der Waals surface area contributed by atoms with Gasteiger partial charge < -0.3 is 9.47 Å². The maximum atomic E-state index is 5.68. The van der Waals surface area contributed by atoms with Gasteiger partial charge in [-0.1, -0.05) is 0 Å². The van der Waals surface area contributed by atoms with Crippen LogP contribution in [0.4, 0.5) is 0 Å². The normalized spacial score (nSPS) is 19.6. The second kappa shape index (κ2) is 5.63. The van der Waals surface area contributed by atoms with Crippen molar-refractivity contribution >= 4 is 11.3 Å². The highest BCUT2D eigenvalue weighted by atomic mass is 32.1. The van der Waals surface area contributed by atoms with Crippen LogP contribution in [0.2, 0.25) is 0 Å². The highest BCUT2D eigenvalue weighted by molar-refractivity contribution is 7.10. The molecular weight excluding hydrogens is 224 g/mol. The van der Waals surface area contributed by atoms with Gasteiger partial charge in [-0.3, -0.25) is 11.3 Å². The van der Waals surface area contributed by atoms with E-state index in [1.807, 2.05) is 11.4 Å². The molecule has 2 rings (SSSR count). The first kappa shape index (κ1) is 11.9.